The van der Waals surface area contributed by atoms with Crippen molar-refractivity contribution in [3.8, 4) is 0 Å². The standard InChI is InChI=1S/C14H21NO3/c1-7-9-11(8-2)12(16)15(6)10-18-13(17)14(3,4)5/h7-9H,1-2,10H2,3-6H3/b11-9+. The van der Waals surface area contributed by atoms with Gasteiger partial charge in [-0.05, 0) is 20.8 Å². The molecule has 0 aromatic rings. The second kappa shape index (κ2) is 6.79. The summed E-state index contributed by atoms with van der Waals surface area (Å²) in [5, 5.41) is 0. The summed E-state index contributed by atoms with van der Waals surface area (Å²) in [6.45, 7) is 12.2. The number of esters is 1. The summed E-state index contributed by atoms with van der Waals surface area (Å²) < 4.78 is 5.04. The van der Waals surface area contributed by atoms with Crippen molar-refractivity contribution < 1.29 is 14.3 Å². The zero-order valence-electron chi connectivity index (χ0n) is 11.5. The first-order chi connectivity index (χ1) is 8.23. The molecule has 0 aromatic carbocycles. The molecule has 0 heterocycles. The number of hydrogen-bond donors (Lipinski definition) is 0. The molecule has 4 heteroatoms. The van der Waals surface area contributed by atoms with E-state index in [1.165, 1.54) is 17.1 Å². The lowest BCUT2D eigenvalue weighted by molar-refractivity contribution is -0.159. The van der Waals surface area contributed by atoms with E-state index in [9.17, 15) is 9.59 Å². The molecule has 0 aliphatic heterocycles. The van der Waals surface area contributed by atoms with Crippen LogP contribution in [0.5, 0.6) is 0 Å². The monoisotopic (exact) mass is 251 g/mol. The van der Waals surface area contributed by atoms with E-state index >= 15 is 0 Å². The molecular formula is C14H21NO3. The lowest BCUT2D eigenvalue weighted by Crippen LogP contribution is -2.34. The topological polar surface area (TPSA) is 46.6 Å². The number of hydrogen-bond acceptors (Lipinski definition) is 3. The first kappa shape index (κ1) is 16.2. The minimum absolute atomic E-state index is 0.0861. The number of nitrogens with zero attached hydrogens (tertiary/aromatic N) is 1. The summed E-state index contributed by atoms with van der Waals surface area (Å²) in [6, 6.07) is 0. The van der Waals surface area contributed by atoms with Crippen LogP contribution in [0.4, 0.5) is 0 Å². The third-order valence-corrected chi connectivity index (χ3v) is 2.11. The van der Waals surface area contributed by atoms with Crippen molar-refractivity contribution in [1.82, 2.24) is 4.90 Å². The molecule has 1 amide bonds. The van der Waals surface area contributed by atoms with Crippen LogP contribution in [0.2, 0.25) is 0 Å². The van der Waals surface area contributed by atoms with Gasteiger partial charge in [-0.25, -0.2) is 0 Å². The van der Waals surface area contributed by atoms with Crippen molar-refractivity contribution in [2.75, 3.05) is 13.8 Å². The van der Waals surface area contributed by atoms with Gasteiger partial charge < -0.3 is 9.64 Å². The van der Waals surface area contributed by atoms with Gasteiger partial charge in [0.25, 0.3) is 5.91 Å². The van der Waals surface area contributed by atoms with E-state index in [1.54, 1.807) is 33.9 Å². The molecule has 0 fully saturated rings. The van der Waals surface area contributed by atoms with E-state index < -0.39 is 5.41 Å². The predicted molar refractivity (Wildman–Crippen MR) is 71.7 cm³/mol. The minimum Gasteiger partial charge on any atom is -0.444 e. The molecule has 0 saturated heterocycles. The quantitative estimate of drug-likeness (QED) is 0.326. The number of ether oxygens (including phenoxy) is 1. The number of likely N-dealkylation sites (N-methyl/N-ethyl adjacent to an activating group) is 1. The van der Waals surface area contributed by atoms with Crippen LogP contribution < -0.4 is 0 Å². The fraction of sp³-hybridized carbons (Fsp3) is 0.429. The molecule has 0 radical (unpaired) electrons. The molecule has 0 rings (SSSR count). The van der Waals surface area contributed by atoms with Crippen LogP contribution in [0.15, 0.2) is 37.0 Å². The van der Waals surface area contributed by atoms with Gasteiger partial charge in [0.1, 0.15) is 0 Å². The number of amides is 1. The molecule has 100 valence electrons. The predicted octanol–water partition coefficient (Wildman–Crippen LogP) is 2.29. The Kier molecular flexibility index (Phi) is 6.09. The van der Waals surface area contributed by atoms with Crippen molar-refractivity contribution >= 4 is 11.9 Å². The van der Waals surface area contributed by atoms with Crippen molar-refractivity contribution in [2.24, 2.45) is 5.41 Å². The average Bonchev–Trinajstić information content (AvgIpc) is 2.30. The highest BCUT2D eigenvalue weighted by molar-refractivity contribution is 5.96. The van der Waals surface area contributed by atoms with Crippen molar-refractivity contribution in [3.05, 3.63) is 37.0 Å². The number of rotatable bonds is 5. The fourth-order valence-electron chi connectivity index (χ4n) is 1.00. The molecule has 0 aliphatic rings. The van der Waals surface area contributed by atoms with Crippen LogP contribution in [0.3, 0.4) is 0 Å². The summed E-state index contributed by atoms with van der Waals surface area (Å²) in [5.41, 5.74) is -0.179. The molecular weight excluding hydrogens is 230 g/mol. The van der Waals surface area contributed by atoms with Gasteiger partial charge in [-0.1, -0.05) is 31.4 Å². The van der Waals surface area contributed by atoms with Crippen LogP contribution in [0.1, 0.15) is 20.8 Å². The van der Waals surface area contributed by atoms with Gasteiger partial charge in [0.05, 0.1) is 5.41 Å². The lowest BCUT2D eigenvalue weighted by atomic mass is 9.98. The zero-order valence-corrected chi connectivity index (χ0v) is 11.5. The fourth-order valence-corrected chi connectivity index (χ4v) is 1.00. The Bertz CT molecular complexity index is 375. The number of allylic oxidation sites excluding steroid dienone is 2. The van der Waals surface area contributed by atoms with Gasteiger partial charge in [0.2, 0.25) is 0 Å². The van der Waals surface area contributed by atoms with E-state index in [0.29, 0.717) is 5.57 Å². The zero-order chi connectivity index (χ0) is 14.3. The van der Waals surface area contributed by atoms with Gasteiger partial charge in [-0.3, -0.25) is 9.59 Å². The number of carbonyl (C=O) groups is 2. The van der Waals surface area contributed by atoms with E-state index in [4.69, 9.17) is 4.74 Å². The summed E-state index contributed by atoms with van der Waals surface area (Å²) in [4.78, 5) is 24.7. The lowest BCUT2D eigenvalue weighted by Gasteiger charge is -2.21. The third-order valence-electron chi connectivity index (χ3n) is 2.11. The SMILES string of the molecule is C=C/C=C(\C=C)C(=O)N(C)COC(=O)C(C)(C)C. The van der Waals surface area contributed by atoms with Crippen LogP contribution in [-0.4, -0.2) is 30.6 Å². The highest BCUT2D eigenvalue weighted by Gasteiger charge is 2.24. The average molecular weight is 251 g/mol. The van der Waals surface area contributed by atoms with Crippen LogP contribution in [0, 0.1) is 5.41 Å². The van der Waals surface area contributed by atoms with Gasteiger partial charge in [-0.15, -0.1) is 0 Å². The second-order valence-electron chi connectivity index (χ2n) is 4.88. The van der Waals surface area contributed by atoms with Crippen LogP contribution in [0.25, 0.3) is 0 Å². The molecule has 0 bridgehead atoms. The van der Waals surface area contributed by atoms with Gasteiger partial charge in [-0.2, -0.15) is 0 Å². The summed E-state index contributed by atoms with van der Waals surface area (Å²) in [6.07, 6.45) is 4.49. The first-order valence-electron chi connectivity index (χ1n) is 5.62. The Hall–Kier alpha value is -1.84. The Morgan fingerprint density at radius 1 is 1.28 bits per heavy atom. The Balaban J connectivity index is 4.51. The summed E-state index contributed by atoms with van der Waals surface area (Å²) in [7, 11) is 1.55. The van der Waals surface area contributed by atoms with Crippen LogP contribution in [-0.2, 0) is 14.3 Å². The van der Waals surface area contributed by atoms with E-state index in [2.05, 4.69) is 13.2 Å². The van der Waals surface area contributed by atoms with Crippen molar-refractivity contribution in [2.45, 2.75) is 20.8 Å². The van der Waals surface area contributed by atoms with E-state index in [1.807, 2.05) is 0 Å². The van der Waals surface area contributed by atoms with Gasteiger partial charge in [0.15, 0.2) is 6.73 Å². The maximum absolute atomic E-state index is 11.9. The molecule has 0 saturated carbocycles. The smallest absolute Gasteiger partial charge is 0.312 e. The summed E-state index contributed by atoms with van der Waals surface area (Å²) >= 11 is 0. The Morgan fingerprint density at radius 3 is 2.22 bits per heavy atom. The molecule has 4 nitrogen and oxygen atoms in total. The second-order valence-corrected chi connectivity index (χ2v) is 4.88. The Morgan fingerprint density at radius 2 is 1.83 bits per heavy atom. The minimum atomic E-state index is -0.581. The molecule has 18 heavy (non-hydrogen) atoms. The Labute approximate surface area is 109 Å². The van der Waals surface area contributed by atoms with Crippen molar-refractivity contribution in [1.29, 1.82) is 0 Å². The molecule has 0 aromatic heterocycles. The molecule has 0 atom stereocenters. The first-order valence-corrected chi connectivity index (χ1v) is 5.62. The molecule has 0 aliphatic carbocycles. The third kappa shape index (κ3) is 4.99. The van der Waals surface area contributed by atoms with E-state index in [0.717, 1.165) is 0 Å². The van der Waals surface area contributed by atoms with Gasteiger partial charge in [0, 0.05) is 12.6 Å². The highest BCUT2D eigenvalue weighted by Crippen LogP contribution is 2.15. The maximum atomic E-state index is 11.9. The highest BCUT2D eigenvalue weighted by atomic mass is 16.5. The maximum Gasteiger partial charge on any atom is 0.312 e. The molecule has 0 spiro atoms. The molecule has 0 N–H and O–H groups in total. The van der Waals surface area contributed by atoms with Gasteiger partial charge >= 0.3 is 5.97 Å². The molecule has 0 unspecified atom stereocenters. The largest absolute Gasteiger partial charge is 0.444 e. The van der Waals surface area contributed by atoms with Crippen LogP contribution >= 0.6 is 0 Å². The van der Waals surface area contributed by atoms with Crippen molar-refractivity contribution in [3.63, 3.8) is 0 Å². The van der Waals surface area contributed by atoms with E-state index in [-0.39, 0.29) is 18.6 Å². The number of carbonyl (C=O) groups excluding carboxylic acids is 2. The normalized spacial score (nSPS) is 11.7. The summed E-state index contributed by atoms with van der Waals surface area (Å²) in [5.74, 6) is -0.624.